The molecule has 3 N–H and O–H groups in total. The first-order chi connectivity index (χ1) is 9.13. The van der Waals surface area contributed by atoms with Crippen LogP contribution in [-0.4, -0.2) is 41.6 Å². The summed E-state index contributed by atoms with van der Waals surface area (Å²) in [7, 11) is 0. The molecule has 1 saturated carbocycles. The number of halogens is 1. The number of nitrogens with one attached hydrogen (secondary N) is 1. The van der Waals surface area contributed by atoms with Crippen molar-refractivity contribution in [2.45, 2.75) is 37.6 Å². The average Bonchev–Trinajstić information content (AvgIpc) is 3.14. The molecule has 2 fully saturated rings. The van der Waals surface area contributed by atoms with E-state index in [-0.39, 0.29) is 0 Å². The first kappa shape index (κ1) is 13.2. The van der Waals surface area contributed by atoms with Crippen LogP contribution in [0.15, 0.2) is 18.2 Å². The fourth-order valence-electron chi connectivity index (χ4n) is 2.43. The lowest BCUT2D eigenvalue weighted by atomic mass is 10.2. The third-order valence-corrected chi connectivity index (χ3v) is 4.09. The van der Waals surface area contributed by atoms with Gasteiger partial charge in [-0.1, -0.05) is 17.7 Å². The van der Waals surface area contributed by atoms with Crippen LogP contribution < -0.4 is 10.2 Å². The van der Waals surface area contributed by atoms with Crippen molar-refractivity contribution in [3.8, 4) is 0 Å². The fraction of sp³-hybridized carbons (Fsp3) is 0.571. The Hall–Kier alpha value is -0.810. The van der Waals surface area contributed by atoms with Crippen LogP contribution in [0.5, 0.6) is 0 Å². The second kappa shape index (κ2) is 5.29. The number of benzene rings is 1. The Kier molecular flexibility index (Phi) is 3.67. The Morgan fingerprint density at radius 3 is 2.47 bits per heavy atom. The summed E-state index contributed by atoms with van der Waals surface area (Å²) >= 11 is 6.30. The van der Waals surface area contributed by atoms with Crippen molar-refractivity contribution >= 4 is 17.3 Å². The van der Waals surface area contributed by atoms with E-state index in [9.17, 15) is 10.2 Å². The van der Waals surface area contributed by atoms with Gasteiger partial charge in [-0.25, -0.2) is 0 Å². The maximum Gasteiger partial charge on any atom is 0.0990 e. The van der Waals surface area contributed by atoms with Crippen LogP contribution in [0.1, 0.15) is 18.4 Å². The normalized spacial score (nSPS) is 27.0. The second-order valence-corrected chi connectivity index (χ2v) is 5.89. The van der Waals surface area contributed by atoms with Crippen molar-refractivity contribution in [2.24, 2.45) is 0 Å². The Labute approximate surface area is 118 Å². The molecule has 3 rings (SSSR count). The number of nitrogens with zero attached hydrogens (tertiary/aromatic N) is 1. The van der Waals surface area contributed by atoms with Crippen LogP contribution in [0.3, 0.4) is 0 Å². The fourth-order valence-corrected chi connectivity index (χ4v) is 2.76. The molecule has 0 amide bonds. The van der Waals surface area contributed by atoms with E-state index in [1.54, 1.807) is 0 Å². The van der Waals surface area contributed by atoms with Crippen molar-refractivity contribution in [2.75, 3.05) is 18.0 Å². The van der Waals surface area contributed by atoms with Crippen molar-refractivity contribution in [3.63, 3.8) is 0 Å². The zero-order valence-electron chi connectivity index (χ0n) is 10.7. The van der Waals surface area contributed by atoms with Gasteiger partial charge in [-0.2, -0.15) is 0 Å². The minimum absolute atomic E-state index is 0.431. The number of rotatable bonds is 4. The molecule has 1 saturated heterocycles. The Morgan fingerprint density at radius 1 is 1.21 bits per heavy atom. The van der Waals surface area contributed by atoms with E-state index in [4.69, 9.17) is 11.6 Å². The summed E-state index contributed by atoms with van der Waals surface area (Å²) in [4.78, 5) is 1.93. The molecular formula is C14H19ClN2O2. The molecule has 1 aliphatic heterocycles. The number of hydrogen-bond acceptors (Lipinski definition) is 4. The third-order valence-electron chi connectivity index (χ3n) is 3.78. The van der Waals surface area contributed by atoms with Crippen LogP contribution in [0, 0.1) is 0 Å². The molecule has 104 valence electrons. The van der Waals surface area contributed by atoms with Gasteiger partial charge in [0.2, 0.25) is 0 Å². The molecule has 19 heavy (non-hydrogen) atoms. The summed E-state index contributed by atoms with van der Waals surface area (Å²) in [5, 5.41) is 23.3. The predicted molar refractivity (Wildman–Crippen MR) is 75.5 cm³/mol. The highest BCUT2D eigenvalue weighted by atomic mass is 35.5. The van der Waals surface area contributed by atoms with E-state index >= 15 is 0 Å². The standard InChI is InChI=1S/C14H19ClN2O2/c15-11-5-9(6-16-10-2-3-10)1-4-12(11)17-7-13(18)14(19)8-17/h1,4-5,10,13-14,16,18-19H,2-3,6-8H2. The van der Waals surface area contributed by atoms with Crippen molar-refractivity contribution < 1.29 is 10.2 Å². The summed E-state index contributed by atoms with van der Waals surface area (Å²) in [6, 6.07) is 6.66. The van der Waals surface area contributed by atoms with Crippen LogP contribution in [0.4, 0.5) is 5.69 Å². The van der Waals surface area contributed by atoms with Gasteiger partial charge in [-0.3, -0.25) is 0 Å². The van der Waals surface area contributed by atoms with Crippen LogP contribution in [0.25, 0.3) is 0 Å². The van der Waals surface area contributed by atoms with Crippen LogP contribution in [0.2, 0.25) is 5.02 Å². The first-order valence-electron chi connectivity index (χ1n) is 6.76. The van der Waals surface area contributed by atoms with Gasteiger partial charge in [0.1, 0.15) is 0 Å². The first-order valence-corrected chi connectivity index (χ1v) is 7.14. The van der Waals surface area contributed by atoms with Gasteiger partial charge in [0.15, 0.2) is 0 Å². The zero-order valence-corrected chi connectivity index (χ0v) is 11.5. The Morgan fingerprint density at radius 2 is 1.89 bits per heavy atom. The van der Waals surface area contributed by atoms with Gasteiger partial charge >= 0.3 is 0 Å². The van der Waals surface area contributed by atoms with E-state index in [0.717, 1.165) is 12.2 Å². The van der Waals surface area contributed by atoms with Gasteiger partial charge in [-0.15, -0.1) is 0 Å². The monoisotopic (exact) mass is 282 g/mol. The molecule has 1 aromatic rings. The maximum atomic E-state index is 9.58. The quantitative estimate of drug-likeness (QED) is 0.775. The summed E-state index contributed by atoms with van der Waals surface area (Å²) in [5.74, 6) is 0. The highest BCUT2D eigenvalue weighted by molar-refractivity contribution is 6.33. The van der Waals surface area contributed by atoms with E-state index in [0.29, 0.717) is 24.2 Å². The topological polar surface area (TPSA) is 55.7 Å². The minimum Gasteiger partial charge on any atom is -0.389 e. The maximum absolute atomic E-state index is 9.58. The highest BCUT2D eigenvalue weighted by Gasteiger charge is 2.30. The summed E-state index contributed by atoms with van der Waals surface area (Å²) in [6.07, 6.45) is 1.17. The minimum atomic E-state index is -0.688. The van der Waals surface area contributed by atoms with Crippen molar-refractivity contribution in [1.29, 1.82) is 0 Å². The second-order valence-electron chi connectivity index (χ2n) is 5.48. The third kappa shape index (κ3) is 3.03. The van der Waals surface area contributed by atoms with E-state index in [1.807, 2.05) is 23.1 Å². The summed E-state index contributed by atoms with van der Waals surface area (Å²) in [5.41, 5.74) is 2.05. The van der Waals surface area contributed by atoms with Crippen molar-refractivity contribution in [3.05, 3.63) is 28.8 Å². The number of aliphatic hydroxyl groups excluding tert-OH is 2. The van der Waals surface area contributed by atoms with Gasteiger partial charge in [0, 0.05) is 25.7 Å². The lowest BCUT2D eigenvalue weighted by molar-refractivity contribution is 0.0572. The molecule has 2 atom stereocenters. The molecule has 2 aliphatic rings. The van der Waals surface area contributed by atoms with E-state index < -0.39 is 12.2 Å². The number of hydrogen-bond donors (Lipinski definition) is 3. The molecule has 0 spiro atoms. The van der Waals surface area contributed by atoms with Crippen LogP contribution >= 0.6 is 11.6 Å². The molecule has 0 bridgehead atoms. The van der Waals surface area contributed by atoms with Gasteiger partial charge in [-0.05, 0) is 30.5 Å². The van der Waals surface area contributed by atoms with Gasteiger partial charge in [0.05, 0.1) is 22.9 Å². The molecule has 1 aliphatic carbocycles. The number of anilines is 1. The zero-order chi connectivity index (χ0) is 13.4. The molecule has 2 unspecified atom stereocenters. The van der Waals surface area contributed by atoms with E-state index in [1.165, 1.54) is 18.4 Å². The van der Waals surface area contributed by atoms with Crippen molar-refractivity contribution in [1.82, 2.24) is 5.32 Å². The Bertz CT molecular complexity index is 455. The molecule has 1 aromatic carbocycles. The summed E-state index contributed by atoms with van der Waals surface area (Å²) < 4.78 is 0. The highest BCUT2D eigenvalue weighted by Crippen LogP contribution is 2.30. The number of aliphatic hydroxyl groups is 2. The average molecular weight is 283 g/mol. The molecule has 0 radical (unpaired) electrons. The lowest BCUT2D eigenvalue weighted by Crippen LogP contribution is -2.22. The molecule has 4 nitrogen and oxygen atoms in total. The molecular weight excluding hydrogens is 264 g/mol. The smallest absolute Gasteiger partial charge is 0.0990 e. The molecule has 5 heteroatoms. The molecule has 1 heterocycles. The SMILES string of the molecule is OC1CN(c2ccc(CNC3CC3)cc2Cl)CC1O. The van der Waals surface area contributed by atoms with E-state index in [2.05, 4.69) is 5.32 Å². The number of β-amino-alcohol motifs (C(OH)–C–C–N with tert-alkyl or cyclic N) is 2. The Balaban J connectivity index is 1.68. The van der Waals surface area contributed by atoms with Crippen LogP contribution in [-0.2, 0) is 6.54 Å². The van der Waals surface area contributed by atoms with Gasteiger partial charge in [0.25, 0.3) is 0 Å². The summed E-state index contributed by atoms with van der Waals surface area (Å²) in [6.45, 7) is 1.71. The largest absolute Gasteiger partial charge is 0.389 e. The lowest BCUT2D eigenvalue weighted by Gasteiger charge is -2.19. The van der Waals surface area contributed by atoms with Gasteiger partial charge < -0.3 is 20.4 Å². The predicted octanol–water partition coefficient (Wildman–Crippen LogP) is 1.13. The molecule has 0 aromatic heterocycles.